The Bertz CT molecular complexity index is 7530. The molecule has 0 saturated heterocycles. The summed E-state index contributed by atoms with van der Waals surface area (Å²) in [5.74, 6) is 23.5. The SMILES string of the molecule is CCC#Cn1c2cc(C#Cc3ccccc3)ccc2c2c3ccc(/C=C/c4ccccc4)cc3n(CCCC)c21.CCCCn1c2cc(/C=C/c3ccc(-c4ccccc4)cc3)ccc2c2c3ccc(/C=C/c4ccc(-c5ccccc5)cc4)cc3n(CCCC)c21.CCCCn1c2cc(C#Cc3ccccc3)ccc2c2c3ccc(C#Cc4ccccc4)cc3n(CCCC)c21. The van der Waals surface area contributed by atoms with Gasteiger partial charge in [0.1, 0.15) is 16.9 Å². The predicted molar refractivity (Wildman–Crippen MR) is 567 cm³/mol. The number of rotatable bonds is 23. The molecular formula is C126H112N6. The molecule has 0 aliphatic carbocycles. The van der Waals surface area contributed by atoms with Crippen LogP contribution >= 0.6 is 0 Å². The Kier molecular flexibility index (Phi) is 27.6. The van der Waals surface area contributed by atoms with Crippen molar-refractivity contribution in [2.24, 2.45) is 0 Å². The Labute approximate surface area is 778 Å². The molecule has 0 radical (unpaired) electrons. The first-order valence-electron chi connectivity index (χ1n) is 47.6. The second-order valence-corrected chi connectivity index (χ2v) is 34.4. The largest absolute Gasteiger partial charge is 0.327 e. The molecule has 0 spiro atoms. The molecule has 20 rings (SSSR count). The van der Waals surface area contributed by atoms with Crippen LogP contribution in [0.25, 0.3) is 157 Å². The fourth-order valence-corrected chi connectivity index (χ4v) is 18.4. The summed E-state index contributed by atoms with van der Waals surface area (Å²) in [6.45, 7) is 18.4. The summed E-state index contributed by atoms with van der Waals surface area (Å²) in [5.41, 5.74) is 29.9. The van der Waals surface area contributed by atoms with Crippen LogP contribution in [0.15, 0.2) is 340 Å². The van der Waals surface area contributed by atoms with Crippen molar-refractivity contribution in [2.45, 2.75) is 145 Å². The van der Waals surface area contributed by atoms with Crippen LogP contribution in [0.1, 0.15) is 179 Å². The van der Waals surface area contributed by atoms with Gasteiger partial charge in [-0.1, -0.05) is 400 Å². The molecule has 0 fully saturated rings. The number of aromatic nitrogens is 6. The molecule has 0 bridgehead atoms. The smallest absolute Gasteiger partial charge is 0.134 e. The third-order valence-electron chi connectivity index (χ3n) is 25.2. The summed E-state index contributed by atoms with van der Waals surface area (Å²) in [7, 11) is 0. The van der Waals surface area contributed by atoms with E-state index in [1.54, 1.807) is 0 Å². The lowest BCUT2D eigenvalue weighted by atomic mass is 10.0. The van der Waals surface area contributed by atoms with E-state index in [0.717, 1.165) is 142 Å². The Hall–Kier alpha value is -15.4. The van der Waals surface area contributed by atoms with Crippen LogP contribution in [0.4, 0.5) is 0 Å². The summed E-state index contributed by atoms with van der Waals surface area (Å²) < 4.78 is 15.0. The van der Waals surface area contributed by atoms with Crippen LogP contribution in [-0.2, 0) is 32.7 Å². The topological polar surface area (TPSA) is 29.6 Å². The van der Waals surface area contributed by atoms with E-state index in [9.17, 15) is 0 Å². The first-order chi connectivity index (χ1) is 65.2. The van der Waals surface area contributed by atoms with E-state index in [4.69, 9.17) is 0 Å². The van der Waals surface area contributed by atoms with Gasteiger partial charge in [-0.3, -0.25) is 4.57 Å². The highest BCUT2D eigenvalue weighted by Gasteiger charge is 2.25. The van der Waals surface area contributed by atoms with Crippen LogP contribution in [0.5, 0.6) is 0 Å². The fraction of sp³-hybridized carbons (Fsp3) is 0.175. The molecule has 6 aromatic heterocycles. The van der Waals surface area contributed by atoms with Crippen LogP contribution in [-0.4, -0.2) is 27.4 Å². The lowest BCUT2D eigenvalue weighted by Gasteiger charge is -2.12. The predicted octanol–water partition coefficient (Wildman–Crippen LogP) is 32.5. The van der Waals surface area contributed by atoms with Crippen molar-refractivity contribution in [3.05, 3.63) is 406 Å². The van der Waals surface area contributed by atoms with Crippen molar-refractivity contribution in [3.63, 3.8) is 0 Å². The highest BCUT2D eigenvalue weighted by Crippen LogP contribution is 2.43. The van der Waals surface area contributed by atoms with Crippen molar-refractivity contribution in [1.82, 2.24) is 27.4 Å². The molecule has 0 unspecified atom stereocenters. The average Bonchev–Trinajstić information content (AvgIpc) is 1.56. The van der Waals surface area contributed by atoms with Crippen molar-refractivity contribution in [1.29, 1.82) is 0 Å². The molecule has 0 saturated carbocycles. The third-order valence-corrected chi connectivity index (χ3v) is 25.2. The zero-order valence-corrected chi connectivity index (χ0v) is 76.8. The molecular weight excluding hydrogens is 1600 g/mol. The number of unbranched alkanes of at least 4 members (excludes halogenated alkanes) is 5. The molecule has 20 aromatic rings. The van der Waals surface area contributed by atoms with E-state index in [0.29, 0.717) is 0 Å². The van der Waals surface area contributed by atoms with Gasteiger partial charge in [-0.2, -0.15) is 0 Å². The van der Waals surface area contributed by atoms with Crippen molar-refractivity contribution < 1.29 is 0 Å². The van der Waals surface area contributed by atoms with Crippen molar-refractivity contribution in [3.8, 4) is 69.7 Å². The molecule has 14 aromatic carbocycles. The number of aryl methyl sites for hydroxylation is 5. The first-order valence-corrected chi connectivity index (χ1v) is 47.6. The maximum absolute atomic E-state index is 3.48. The van der Waals surface area contributed by atoms with Crippen molar-refractivity contribution in [2.75, 3.05) is 0 Å². The highest BCUT2D eigenvalue weighted by molar-refractivity contribution is 6.24. The van der Waals surface area contributed by atoms with E-state index >= 15 is 0 Å². The van der Waals surface area contributed by atoms with Gasteiger partial charge in [0.2, 0.25) is 0 Å². The minimum absolute atomic E-state index is 0.804. The van der Waals surface area contributed by atoms with E-state index in [1.807, 2.05) is 66.7 Å². The zero-order chi connectivity index (χ0) is 89.9. The molecule has 0 aliphatic heterocycles. The fourth-order valence-electron chi connectivity index (χ4n) is 18.4. The summed E-state index contributed by atoms with van der Waals surface area (Å²) in [4.78, 5) is 0. The minimum Gasteiger partial charge on any atom is -0.327 e. The van der Waals surface area contributed by atoms with Crippen LogP contribution in [0.3, 0.4) is 0 Å². The molecule has 0 amide bonds. The zero-order valence-electron chi connectivity index (χ0n) is 76.8. The minimum atomic E-state index is 0.804. The summed E-state index contributed by atoms with van der Waals surface area (Å²) >= 11 is 0. The van der Waals surface area contributed by atoms with Gasteiger partial charge in [-0.15, -0.1) is 0 Å². The average molecular weight is 1710 g/mol. The molecule has 6 nitrogen and oxygen atoms in total. The number of benzene rings is 14. The molecule has 0 atom stereocenters. The molecule has 6 heterocycles. The van der Waals surface area contributed by atoms with Gasteiger partial charge < -0.3 is 22.8 Å². The highest BCUT2D eigenvalue weighted by atomic mass is 15.1. The van der Waals surface area contributed by atoms with Gasteiger partial charge in [-0.05, 0) is 179 Å². The third kappa shape index (κ3) is 19.3. The Morgan fingerprint density at radius 3 is 0.780 bits per heavy atom. The lowest BCUT2D eigenvalue weighted by Crippen LogP contribution is -2.05. The van der Waals surface area contributed by atoms with Gasteiger partial charge in [0, 0.05) is 127 Å². The number of hydrogen-bond donors (Lipinski definition) is 0. The van der Waals surface area contributed by atoms with Gasteiger partial charge in [0.25, 0.3) is 0 Å². The molecule has 132 heavy (non-hydrogen) atoms. The second kappa shape index (κ2) is 41.8. The monoisotopic (exact) mass is 1710 g/mol. The number of fused-ring (bicyclic) bond motifs is 15. The first kappa shape index (κ1) is 87.3. The molecule has 0 aliphatic rings. The van der Waals surface area contributed by atoms with E-state index < -0.39 is 0 Å². The van der Waals surface area contributed by atoms with Gasteiger partial charge in [0.15, 0.2) is 0 Å². The second-order valence-electron chi connectivity index (χ2n) is 34.4. The summed E-state index contributed by atoms with van der Waals surface area (Å²) in [6.07, 6.45) is 25.6. The Balaban J connectivity index is 0.000000135. The molecule has 6 heteroatoms. The van der Waals surface area contributed by atoms with Gasteiger partial charge in [0.05, 0.1) is 33.1 Å². The summed E-state index contributed by atoms with van der Waals surface area (Å²) in [6, 6.07) is 124. The van der Waals surface area contributed by atoms with Crippen LogP contribution in [0, 0.1) is 47.5 Å². The number of nitrogens with zero attached hydrogens (tertiary/aromatic N) is 6. The Morgan fingerprint density at radius 1 is 0.212 bits per heavy atom. The quantitative estimate of drug-likeness (QED) is 0.0451. The lowest BCUT2D eigenvalue weighted by molar-refractivity contribution is 0.622. The summed E-state index contributed by atoms with van der Waals surface area (Å²) in [5, 5.41) is 11.8. The maximum Gasteiger partial charge on any atom is 0.134 e. The standard InChI is InChI=1S/C50H46N2.C38H34N2.C38H32N2/c1-3-5-33-51-47-35-39(19-17-37-21-27-43(28-22-37)41-13-9-7-10-14-41)25-31-45(47)49-46-32-26-40(36-48(46)52(50(49)51)34-6-4-2)20-18-38-23-29-44(30-24-38)42-15-11-8-12-16-42;2*1-3-5-25-39-35-27-31(19-17-29-13-9-7-10-14-29)21-23-33(35)37-34-24-22-32(20-18-30-15-11-8-12-16-30)28-36(34)40(38(37)39)26-6-4-2/h7-32,35-36H,3-6,33-34H2,1-2H3;7-16,21-24,27-28H,3-6,25-26H2,1-2H3;7-17,19,21-24,27-28H,3-5,25H2,1-2H3/b19-17+,20-18+;;19-17+. The maximum atomic E-state index is 3.48. The van der Waals surface area contributed by atoms with Gasteiger partial charge in [-0.25, -0.2) is 0 Å². The van der Waals surface area contributed by atoms with Gasteiger partial charge >= 0.3 is 0 Å². The normalized spacial score (nSPS) is 11.4. The molecule has 646 valence electrons. The van der Waals surface area contributed by atoms with Crippen LogP contribution < -0.4 is 0 Å². The number of hydrogen-bond acceptors (Lipinski definition) is 0. The van der Waals surface area contributed by atoms with E-state index in [-0.39, 0.29) is 0 Å². The Morgan fingerprint density at radius 2 is 0.455 bits per heavy atom. The van der Waals surface area contributed by atoms with E-state index in [1.165, 1.54) is 149 Å². The van der Waals surface area contributed by atoms with Crippen LogP contribution in [0.2, 0.25) is 0 Å². The van der Waals surface area contributed by atoms with E-state index in [2.05, 4.69) is 426 Å². The van der Waals surface area contributed by atoms with Crippen molar-refractivity contribution >= 4 is 135 Å². The molecule has 0 N–H and O–H groups in total.